The molecule has 21 heavy (non-hydrogen) atoms. The van der Waals surface area contributed by atoms with Crippen LogP contribution in [0.25, 0.3) is 0 Å². The zero-order valence-electron chi connectivity index (χ0n) is 15.3. The minimum absolute atomic E-state index is 0.233. The van der Waals surface area contributed by atoms with Gasteiger partial charge in [0.25, 0.3) is 0 Å². The fourth-order valence-corrected chi connectivity index (χ4v) is 3.83. The van der Waals surface area contributed by atoms with Gasteiger partial charge in [-0.1, -0.05) is 19.8 Å². The molecular formula is C19H38N2. The molecule has 2 aliphatic rings. The van der Waals surface area contributed by atoms with Gasteiger partial charge in [-0.25, -0.2) is 0 Å². The van der Waals surface area contributed by atoms with Crippen molar-refractivity contribution in [3.8, 4) is 0 Å². The zero-order valence-corrected chi connectivity index (χ0v) is 15.3. The second-order valence-electron chi connectivity index (χ2n) is 9.28. The molecule has 1 unspecified atom stereocenters. The summed E-state index contributed by atoms with van der Waals surface area (Å²) in [5.41, 5.74) is 0.731. The van der Waals surface area contributed by atoms with E-state index in [-0.39, 0.29) is 5.54 Å². The monoisotopic (exact) mass is 294 g/mol. The van der Waals surface area contributed by atoms with Crippen molar-refractivity contribution in [3.63, 3.8) is 0 Å². The first-order valence-corrected chi connectivity index (χ1v) is 9.16. The van der Waals surface area contributed by atoms with E-state index in [0.717, 1.165) is 17.9 Å². The van der Waals surface area contributed by atoms with Crippen LogP contribution in [0.2, 0.25) is 0 Å². The van der Waals surface area contributed by atoms with E-state index in [1.165, 1.54) is 51.6 Å². The molecule has 2 fully saturated rings. The van der Waals surface area contributed by atoms with E-state index in [1.54, 1.807) is 0 Å². The number of nitrogens with one attached hydrogen (secondary N) is 1. The second-order valence-corrected chi connectivity index (χ2v) is 9.28. The summed E-state index contributed by atoms with van der Waals surface area (Å²) in [6.45, 7) is 14.2. The van der Waals surface area contributed by atoms with Gasteiger partial charge < -0.3 is 10.2 Å². The third kappa shape index (κ3) is 5.25. The van der Waals surface area contributed by atoms with Crippen molar-refractivity contribution in [3.05, 3.63) is 0 Å². The van der Waals surface area contributed by atoms with Gasteiger partial charge in [0.1, 0.15) is 0 Å². The van der Waals surface area contributed by atoms with E-state index in [1.807, 2.05) is 0 Å². The predicted octanol–water partition coefficient (Wildman–Crippen LogP) is 4.30. The largest absolute Gasteiger partial charge is 0.311 e. The van der Waals surface area contributed by atoms with Gasteiger partial charge in [-0.05, 0) is 77.7 Å². The van der Waals surface area contributed by atoms with E-state index >= 15 is 0 Å². The van der Waals surface area contributed by atoms with Crippen LogP contribution in [0.4, 0.5) is 0 Å². The van der Waals surface area contributed by atoms with Gasteiger partial charge in [0.15, 0.2) is 0 Å². The lowest BCUT2D eigenvalue weighted by Crippen LogP contribution is -2.51. The summed E-state index contributed by atoms with van der Waals surface area (Å²) < 4.78 is 0. The van der Waals surface area contributed by atoms with Crippen LogP contribution >= 0.6 is 0 Å². The molecule has 0 heterocycles. The molecule has 0 saturated heterocycles. The highest BCUT2D eigenvalue weighted by Gasteiger charge is 2.38. The van der Waals surface area contributed by atoms with E-state index < -0.39 is 0 Å². The normalized spacial score (nSPS) is 32.4. The fraction of sp³-hybridized carbons (Fsp3) is 1.00. The summed E-state index contributed by atoms with van der Waals surface area (Å²) in [6, 6.07) is 0.774. The molecule has 2 nitrogen and oxygen atoms in total. The molecule has 1 N–H and O–H groups in total. The van der Waals surface area contributed by atoms with Gasteiger partial charge in [0, 0.05) is 24.7 Å². The summed E-state index contributed by atoms with van der Waals surface area (Å²) in [5, 5.41) is 3.81. The third-order valence-corrected chi connectivity index (χ3v) is 5.91. The van der Waals surface area contributed by atoms with Crippen LogP contribution in [0.5, 0.6) is 0 Å². The average molecular weight is 295 g/mol. The quantitative estimate of drug-likeness (QED) is 0.785. The molecule has 0 radical (unpaired) electrons. The molecule has 0 aromatic carbocycles. The molecule has 0 spiro atoms. The Kier molecular flexibility index (Phi) is 5.41. The SMILES string of the molecule is CC1CCC(CNC(C)(C)C)(CN(C)C(C)C2CC2)CC1. The number of nitrogens with zero attached hydrogens (tertiary/aromatic N) is 1. The van der Waals surface area contributed by atoms with Gasteiger partial charge in [0.05, 0.1) is 0 Å². The highest BCUT2D eigenvalue weighted by molar-refractivity contribution is 4.93. The van der Waals surface area contributed by atoms with Crippen LogP contribution in [0.1, 0.15) is 73.1 Å². The Hall–Kier alpha value is -0.0800. The Morgan fingerprint density at radius 1 is 1.14 bits per heavy atom. The topological polar surface area (TPSA) is 15.3 Å². The van der Waals surface area contributed by atoms with Crippen molar-refractivity contribution in [2.75, 3.05) is 20.1 Å². The fourth-order valence-electron chi connectivity index (χ4n) is 3.83. The maximum absolute atomic E-state index is 3.81. The summed E-state index contributed by atoms with van der Waals surface area (Å²) in [7, 11) is 2.36. The first kappa shape index (κ1) is 17.3. The summed E-state index contributed by atoms with van der Waals surface area (Å²) >= 11 is 0. The predicted molar refractivity (Wildman–Crippen MR) is 92.6 cm³/mol. The van der Waals surface area contributed by atoms with Gasteiger partial charge in [0.2, 0.25) is 0 Å². The molecule has 2 saturated carbocycles. The maximum atomic E-state index is 3.81. The Morgan fingerprint density at radius 3 is 2.19 bits per heavy atom. The lowest BCUT2D eigenvalue weighted by Gasteiger charge is -2.45. The number of rotatable bonds is 6. The van der Waals surface area contributed by atoms with E-state index in [2.05, 4.69) is 51.9 Å². The summed E-state index contributed by atoms with van der Waals surface area (Å²) in [4.78, 5) is 2.66. The first-order chi connectivity index (χ1) is 9.71. The van der Waals surface area contributed by atoms with Crippen LogP contribution in [0.15, 0.2) is 0 Å². The van der Waals surface area contributed by atoms with Gasteiger partial charge in [-0.2, -0.15) is 0 Å². The highest BCUT2D eigenvalue weighted by Crippen LogP contribution is 2.41. The molecule has 0 aliphatic heterocycles. The van der Waals surface area contributed by atoms with Crippen molar-refractivity contribution in [1.29, 1.82) is 0 Å². The van der Waals surface area contributed by atoms with E-state index in [0.29, 0.717) is 5.41 Å². The zero-order chi connectivity index (χ0) is 15.7. The molecule has 0 amide bonds. The highest BCUT2D eigenvalue weighted by atomic mass is 15.1. The number of hydrogen-bond acceptors (Lipinski definition) is 2. The van der Waals surface area contributed by atoms with Crippen LogP contribution < -0.4 is 5.32 Å². The van der Waals surface area contributed by atoms with Crippen molar-refractivity contribution in [2.24, 2.45) is 17.3 Å². The van der Waals surface area contributed by atoms with Crippen LogP contribution in [-0.4, -0.2) is 36.6 Å². The van der Waals surface area contributed by atoms with Gasteiger partial charge >= 0.3 is 0 Å². The van der Waals surface area contributed by atoms with Gasteiger partial charge in [-0.3, -0.25) is 0 Å². The Morgan fingerprint density at radius 2 is 1.71 bits per heavy atom. The molecule has 0 bridgehead atoms. The standard InChI is InChI=1S/C19H38N2/c1-15-9-11-19(12-10-15,13-20-18(3,4)5)14-21(6)16(2)17-7-8-17/h15-17,20H,7-14H2,1-6H3. The van der Waals surface area contributed by atoms with E-state index in [4.69, 9.17) is 0 Å². The maximum Gasteiger partial charge on any atom is 0.00967 e. The molecule has 2 aliphatic carbocycles. The third-order valence-electron chi connectivity index (χ3n) is 5.91. The summed E-state index contributed by atoms with van der Waals surface area (Å²) in [5.74, 6) is 1.91. The molecule has 0 aromatic rings. The van der Waals surface area contributed by atoms with Crippen LogP contribution in [-0.2, 0) is 0 Å². The van der Waals surface area contributed by atoms with Crippen LogP contribution in [0.3, 0.4) is 0 Å². The van der Waals surface area contributed by atoms with Crippen molar-refractivity contribution in [1.82, 2.24) is 10.2 Å². The average Bonchev–Trinajstić information content (AvgIpc) is 3.22. The van der Waals surface area contributed by atoms with Gasteiger partial charge in [-0.15, -0.1) is 0 Å². The van der Waals surface area contributed by atoms with Crippen molar-refractivity contribution < 1.29 is 0 Å². The Bertz CT molecular complexity index is 319. The molecule has 0 aromatic heterocycles. The number of hydrogen-bond donors (Lipinski definition) is 1. The molecular weight excluding hydrogens is 256 g/mol. The lowest BCUT2D eigenvalue weighted by atomic mass is 9.70. The molecule has 2 heteroatoms. The van der Waals surface area contributed by atoms with Crippen LogP contribution in [0, 0.1) is 17.3 Å². The van der Waals surface area contributed by atoms with Crippen molar-refractivity contribution in [2.45, 2.75) is 84.7 Å². The molecule has 124 valence electrons. The first-order valence-electron chi connectivity index (χ1n) is 9.16. The minimum Gasteiger partial charge on any atom is -0.311 e. The smallest absolute Gasteiger partial charge is 0.00967 e. The molecule has 2 rings (SSSR count). The van der Waals surface area contributed by atoms with E-state index in [9.17, 15) is 0 Å². The molecule has 1 atom stereocenters. The Balaban J connectivity index is 1.97. The lowest BCUT2D eigenvalue weighted by molar-refractivity contribution is 0.0713. The second kappa shape index (κ2) is 6.58. The summed E-state index contributed by atoms with van der Waals surface area (Å²) in [6.07, 6.45) is 8.54. The minimum atomic E-state index is 0.233. The van der Waals surface area contributed by atoms with Crippen molar-refractivity contribution >= 4 is 0 Å². The Labute approximate surface area is 133 Å².